The lowest BCUT2D eigenvalue weighted by Crippen LogP contribution is -2.36. The molecule has 0 aromatic heterocycles. The predicted molar refractivity (Wildman–Crippen MR) is 80.0 cm³/mol. The molecule has 0 aliphatic carbocycles. The second kappa shape index (κ2) is 9.12. The monoisotopic (exact) mass is 248 g/mol. The van der Waals surface area contributed by atoms with Crippen molar-refractivity contribution in [2.24, 2.45) is 0 Å². The quantitative estimate of drug-likeness (QED) is 0.723. The fourth-order valence-electron chi connectivity index (χ4n) is 2.14. The van der Waals surface area contributed by atoms with Crippen molar-refractivity contribution < 1.29 is 0 Å². The van der Waals surface area contributed by atoms with Crippen molar-refractivity contribution >= 4 is 0 Å². The van der Waals surface area contributed by atoms with Crippen LogP contribution >= 0.6 is 0 Å². The summed E-state index contributed by atoms with van der Waals surface area (Å²) >= 11 is 0. The average Bonchev–Trinajstić information content (AvgIpc) is 2.42. The maximum Gasteiger partial charge on any atom is 0.0107 e. The highest BCUT2D eigenvalue weighted by atomic mass is 15.1. The summed E-state index contributed by atoms with van der Waals surface area (Å²) in [6.45, 7) is 11.3. The van der Waals surface area contributed by atoms with E-state index in [-0.39, 0.29) is 0 Å². The van der Waals surface area contributed by atoms with E-state index in [0.717, 1.165) is 26.2 Å². The van der Waals surface area contributed by atoms with Gasteiger partial charge in [-0.3, -0.25) is 0 Å². The molecule has 0 aliphatic heterocycles. The molecule has 18 heavy (non-hydrogen) atoms. The Kier molecular flexibility index (Phi) is 7.70. The van der Waals surface area contributed by atoms with Crippen LogP contribution in [-0.4, -0.2) is 37.1 Å². The minimum absolute atomic E-state index is 0.598. The number of benzene rings is 1. The summed E-state index contributed by atoms with van der Waals surface area (Å²) < 4.78 is 0. The first kappa shape index (κ1) is 15.2. The standard InChI is InChI=1S/C16H28N2/c1-4-18(5-2)14-13-17-15(3)11-12-16-9-7-6-8-10-16/h6-10,15,17H,4-5,11-14H2,1-3H3/t15-/m0/s1. The first-order valence-electron chi connectivity index (χ1n) is 7.25. The molecule has 0 saturated heterocycles. The van der Waals surface area contributed by atoms with Crippen molar-refractivity contribution in [2.45, 2.75) is 39.7 Å². The van der Waals surface area contributed by atoms with Gasteiger partial charge in [0.25, 0.3) is 0 Å². The zero-order valence-electron chi connectivity index (χ0n) is 12.2. The third-order valence-electron chi connectivity index (χ3n) is 3.52. The van der Waals surface area contributed by atoms with Gasteiger partial charge >= 0.3 is 0 Å². The first-order valence-corrected chi connectivity index (χ1v) is 7.25. The summed E-state index contributed by atoms with van der Waals surface area (Å²) in [5.41, 5.74) is 1.44. The Hall–Kier alpha value is -0.860. The Bertz CT molecular complexity index is 293. The second-order valence-electron chi connectivity index (χ2n) is 4.91. The highest BCUT2D eigenvalue weighted by molar-refractivity contribution is 5.14. The third-order valence-corrected chi connectivity index (χ3v) is 3.52. The Balaban J connectivity index is 2.12. The number of likely N-dealkylation sites (N-methyl/N-ethyl adjacent to an activating group) is 1. The van der Waals surface area contributed by atoms with E-state index in [0.29, 0.717) is 6.04 Å². The molecule has 0 saturated carbocycles. The largest absolute Gasteiger partial charge is 0.313 e. The molecule has 1 aromatic rings. The van der Waals surface area contributed by atoms with Crippen LogP contribution in [0.4, 0.5) is 0 Å². The van der Waals surface area contributed by atoms with Gasteiger partial charge in [0.2, 0.25) is 0 Å². The first-order chi connectivity index (χ1) is 8.76. The Morgan fingerprint density at radius 2 is 1.78 bits per heavy atom. The summed E-state index contributed by atoms with van der Waals surface area (Å²) in [5.74, 6) is 0. The summed E-state index contributed by atoms with van der Waals surface area (Å²) in [6, 6.07) is 11.3. The molecule has 0 amide bonds. The van der Waals surface area contributed by atoms with Gasteiger partial charge in [0.15, 0.2) is 0 Å². The topological polar surface area (TPSA) is 15.3 Å². The van der Waals surface area contributed by atoms with Gasteiger partial charge in [-0.15, -0.1) is 0 Å². The van der Waals surface area contributed by atoms with E-state index in [1.165, 1.54) is 18.4 Å². The van der Waals surface area contributed by atoms with Gasteiger partial charge < -0.3 is 10.2 Å². The molecule has 0 fully saturated rings. The average molecular weight is 248 g/mol. The smallest absolute Gasteiger partial charge is 0.0107 e. The van der Waals surface area contributed by atoms with Crippen LogP contribution in [-0.2, 0) is 6.42 Å². The normalized spacial score (nSPS) is 12.9. The van der Waals surface area contributed by atoms with E-state index in [2.05, 4.69) is 61.3 Å². The molecule has 0 unspecified atom stereocenters. The number of hydrogen-bond donors (Lipinski definition) is 1. The molecule has 1 N–H and O–H groups in total. The van der Waals surface area contributed by atoms with Crippen molar-refractivity contribution in [2.75, 3.05) is 26.2 Å². The molecule has 1 aromatic carbocycles. The number of aryl methyl sites for hydroxylation is 1. The maximum absolute atomic E-state index is 3.61. The molecule has 0 radical (unpaired) electrons. The van der Waals surface area contributed by atoms with E-state index in [4.69, 9.17) is 0 Å². The lowest BCUT2D eigenvalue weighted by atomic mass is 10.1. The van der Waals surface area contributed by atoms with Crippen molar-refractivity contribution in [1.29, 1.82) is 0 Å². The van der Waals surface area contributed by atoms with E-state index < -0.39 is 0 Å². The minimum Gasteiger partial charge on any atom is -0.313 e. The lowest BCUT2D eigenvalue weighted by molar-refractivity contribution is 0.296. The fraction of sp³-hybridized carbons (Fsp3) is 0.625. The molecule has 102 valence electrons. The number of nitrogens with zero attached hydrogens (tertiary/aromatic N) is 1. The zero-order chi connectivity index (χ0) is 13.2. The number of hydrogen-bond acceptors (Lipinski definition) is 2. The Labute approximate surface area is 112 Å². The summed E-state index contributed by atoms with van der Waals surface area (Å²) in [6.07, 6.45) is 2.38. The molecular weight excluding hydrogens is 220 g/mol. The number of nitrogens with one attached hydrogen (secondary N) is 1. The third kappa shape index (κ3) is 6.18. The van der Waals surface area contributed by atoms with Crippen LogP contribution in [0.3, 0.4) is 0 Å². The van der Waals surface area contributed by atoms with Crippen molar-refractivity contribution in [3.63, 3.8) is 0 Å². The molecule has 0 bridgehead atoms. The summed E-state index contributed by atoms with van der Waals surface area (Å²) in [4.78, 5) is 2.46. The number of rotatable bonds is 9. The molecule has 1 rings (SSSR count). The molecule has 2 heteroatoms. The van der Waals surface area contributed by atoms with Gasteiger partial charge in [0.1, 0.15) is 0 Å². The molecular formula is C16H28N2. The fourth-order valence-corrected chi connectivity index (χ4v) is 2.14. The van der Waals surface area contributed by atoms with Crippen LogP contribution in [0, 0.1) is 0 Å². The van der Waals surface area contributed by atoms with Crippen LogP contribution in [0.5, 0.6) is 0 Å². The van der Waals surface area contributed by atoms with E-state index in [1.54, 1.807) is 0 Å². The van der Waals surface area contributed by atoms with Crippen LogP contribution in [0.15, 0.2) is 30.3 Å². The van der Waals surface area contributed by atoms with Crippen LogP contribution in [0.2, 0.25) is 0 Å². The lowest BCUT2D eigenvalue weighted by Gasteiger charge is -2.20. The predicted octanol–water partition coefficient (Wildman–Crippen LogP) is 2.94. The molecule has 0 spiro atoms. The Morgan fingerprint density at radius 3 is 2.39 bits per heavy atom. The van der Waals surface area contributed by atoms with Gasteiger partial charge in [-0.2, -0.15) is 0 Å². The molecule has 2 nitrogen and oxygen atoms in total. The summed E-state index contributed by atoms with van der Waals surface area (Å²) in [7, 11) is 0. The maximum atomic E-state index is 3.61. The van der Waals surface area contributed by atoms with E-state index >= 15 is 0 Å². The molecule has 0 heterocycles. The summed E-state index contributed by atoms with van der Waals surface area (Å²) in [5, 5.41) is 3.61. The molecule has 0 aliphatic rings. The van der Waals surface area contributed by atoms with E-state index in [1.807, 2.05) is 0 Å². The van der Waals surface area contributed by atoms with Gasteiger partial charge in [-0.05, 0) is 38.4 Å². The van der Waals surface area contributed by atoms with Crippen LogP contribution in [0.1, 0.15) is 32.8 Å². The highest BCUT2D eigenvalue weighted by Gasteiger charge is 2.03. The van der Waals surface area contributed by atoms with Crippen molar-refractivity contribution in [3.8, 4) is 0 Å². The van der Waals surface area contributed by atoms with Gasteiger partial charge in [-0.1, -0.05) is 44.2 Å². The Morgan fingerprint density at radius 1 is 1.11 bits per heavy atom. The zero-order valence-corrected chi connectivity index (χ0v) is 12.2. The van der Waals surface area contributed by atoms with Crippen molar-refractivity contribution in [3.05, 3.63) is 35.9 Å². The van der Waals surface area contributed by atoms with Crippen molar-refractivity contribution in [1.82, 2.24) is 10.2 Å². The SMILES string of the molecule is CCN(CC)CCN[C@@H](C)CCc1ccccc1. The van der Waals surface area contributed by atoms with Gasteiger partial charge in [0.05, 0.1) is 0 Å². The van der Waals surface area contributed by atoms with E-state index in [9.17, 15) is 0 Å². The second-order valence-corrected chi connectivity index (χ2v) is 4.91. The van der Waals surface area contributed by atoms with Crippen LogP contribution in [0.25, 0.3) is 0 Å². The van der Waals surface area contributed by atoms with Crippen LogP contribution < -0.4 is 5.32 Å². The van der Waals surface area contributed by atoms with Gasteiger partial charge in [0, 0.05) is 19.1 Å². The minimum atomic E-state index is 0.598. The highest BCUT2D eigenvalue weighted by Crippen LogP contribution is 2.04. The van der Waals surface area contributed by atoms with Gasteiger partial charge in [-0.25, -0.2) is 0 Å². The molecule has 1 atom stereocenters.